The number of alkyl carbamates (subject to hydrolysis) is 1. The number of methoxy groups -OCH3 is 1. The highest BCUT2D eigenvalue weighted by Gasteiger charge is 2.40. The van der Waals surface area contributed by atoms with Crippen molar-refractivity contribution >= 4 is 18.1 Å². The summed E-state index contributed by atoms with van der Waals surface area (Å²) in [5.74, 6) is -0.0804. The molecule has 0 aromatic carbocycles. The lowest BCUT2D eigenvalue weighted by Crippen LogP contribution is -2.56. The monoisotopic (exact) mass is 421 g/mol. The van der Waals surface area contributed by atoms with E-state index < -0.39 is 23.7 Å². The molecule has 1 fully saturated rings. The summed E-state index contributed by atoms with van der Waals surface area (Å²) in [6.07, 6.45) is 9.80. The second kappa shape index (κ2) is 10.5. The first-order valence-corrected chi connectivity index (χ1v) is 10.7. The van der Waals surface area contributed by atoms with Crippen molar-refractivity contribution in [3.63, 3.8) is 0 Å². The van der Waals surface area contributed by atoms with E-state index in [1.54, 1.807) is 31.9 Å². The summed E-state index contributed by atoms with van der Waals surface area (Å²) in [4.78, 5) is 40.7. The van der Waals surface area contributed by atoms with Crippen LogP contribution in [0.1, 0.15) is 59.8 Å². The normalized spacial score (nSPS) is 21.9. The summed E-state index contributed by atoms with van der Waals surface area (Å²) in [6, 6.07) is -1.01. The zero-order chi connectivity index (χ0) is 22.3. The zero-order valence-electron chi connectivity index (χ0n) is 18.8. The number of carbonyl (C=O) groups is 3. The van der Waals surface area contributed by atoms with Crippen molar-refractivity contribution < 1.29 is 23.9 Å². The van der Waals surface area contributed by atoms with E-state index in [2.05, 4.69) is 18.3 Å². The number of hydrogen-bond donors (Lipinski definition) is 1. The lowest BCUT2D eigenvalue weighted by atomic mass is 9.93. The first-order valence-electron chi connectivity index (χ1n) is 10.7. The number of esters is 1. The van der Waals surface area contributed by atoms with Crippen LogP contribution in [0.3, 0.4) is 0 Å². The fraction of sp³-hybridized carbons (Fsp3) is 0.682. The highest BCUT2D eigenvalue weighted by atomic mass is 16.6. The highest BCUT2D eigenvalue weighted by Crippen LogP contribution is 2.30. The van der Waals surface area contributed by atoms with Crippen molar-refractivity contribution in [3.05, 3.63) is 24.0 Å². The van der Waals surface area contributed by atoms with Crippen LogP contribution in [-0.2, 0) is 14.3 Å². The van der Waals surface area contributed by atoms with E-state index in [1.807, 2.05) is 6.08 Å². The summed E-state index contributed by atoms with van der Waals surface area (Å²) in [6.45, 7) is 7.83. The van der Waals surface area contributed by atoms with E-state index in [4.69, 9.17) is 9.47 Å². The lowest BCUT2D eigenvalue weighted by molar-refractivity contribution is -0.146. The summed E-state index contributed by atoms with van der Waals surface area (Å²) >= 11 is 0. The Morgan fingerprint density at radius 2 is 2.03 bits per heavy atom. The Hall–Kier alpha value is -2.51. The van der Waals surface area contributed by atoms with Gasteiger partial charge in [-0.15, -0.1) is 0 Å². The van der Waals surface area contributed by atoms with Crippen LogP contribution in [0.2, 0.25) is 0 Å². The standard InChI is InChI=1S/C22H35N3O5/c1-6-9-16-10-7-8-12-24-17(14-16)15-18(19(26)29-5)25(21(24)28)13-11-23-20(27)30-22(2,3)4/h8,12,14,16,18H,6-7,9-11,13,15H2,1-5H3,(H,23,27)/t16?,18-/m0/s1. The molecule has 2 aliphatic heterocycles. The van der Waals surface area contributed by atoms with Gasteiger partial charge >= 0.3 is 18.1 Å². The second-order valence-electron chi connectivity index (χ2n) is 8.69. The van der Waals surface area contributed by atoms with Crippen LogP contribution >= 0.6 is 0 Å². The van der Waals surface area contributed by atoms with Crippen LogP contribution < -0.4 is 5.32 Å². The molecule has 168 valence electrons. The predicted molar refractivity (Wildman–Crippen MR) is 113 cm³/mol. The van der Waals surface area contributed by atoms with Crippen LogP contribution in [0.15, 0.2) is 24.0 Å². The molecule has 0 spiro atoms. The van der Waals surface area contributed by atoms with Gasteiger partial charge in [-0.05, 0) is 46.0 Å². The Kier molecular flexibility index (Phi) is 8.32. The molecule has 2 heterocycles. The molecule has 0 aromatic heterocycles. The molecule has 1 N–H and O–H groups in total. The molecule has 0 saturated carbocycles. The SMILES string of the molecule is CCCC1C=C2C[C@@H](C(=O)OC)N(CCNC(=O)OC(C)(C)C)C(=O)N2C=CCC1. The van der Waals surface area contributed by atoms with Crippen LogP contribution in [0.25, 0.3) is 0 Å². The molecular weight excluding hydrogens is 386 g/mol. The predicted octanol–water partition coefficient (Wildman–Crippen LogP) is 3.79. The van der Waals surface area contributed by atoms with Gasteiger partial charge in [0, 0.05) is 31.4 Å². The summed E-state index contributed by atoms with van der Waals surface area (Å²) in [7, 11) is 1.32. The minimum Gasteiger partial charge on any atom is -0.467 e. The molecule has 2 rings (SSSR count). The van der Waals surface area contributed by atoms with E-state index in [0.29, 0.717) is 12.3 Å². The summed E-state index contributed by atoms with van der Waals surface area (Å²) in [5.41, 5.74) is 0.227. The number of urea groups is 1. The van der Waals surface area contributed by atoms with Gasteiger partial charge in [0.05, 0.1) is 7.11 Å². The van der Waals surface area contributed by atoms with Gasteiger partial charge in [0.15, 0.2) is 0 Å². The van der Waals surface area contributed by atoms with Gasteiger partial charge in [0.25, 0.3) is 0 Å². The highest BCUT2D eigenvalue weighted by molar-refractivity contribution is 5.87. The number of rotatable bonds is 6. The third-order valence-corrected chi connectivity index (χ3v) is 5.08. The maximum atomic E-state index is 13.2. The number of allylic oxidation sites excluding steroid dienone is 2. The number of hydrogen-bond acceptors (Lipinski definition) is 5. The minimum absolute atomic E-state index is 0.170. The average molecular weight is 422 g/mol. The molecule has 3 amide bonds. The molecular formula is C22H35N3O5. The Bertz CT molecular complexity index is 695. The molecule has 0 aliphatic carbocycles. The van der Waals surface area contributed by atoms with Gasteiger partial charge in [-0.2, -0.15) is 0 Å². The quantitative estimate of drug-likeness (QED) is 0.659. The van der Waals surface area contributed by atoms with E-state index >= 15 is 0 Å². The molecule has 1 unspecified atom stereocenters. The number of carbonyl (C=O) groups excluding carboxylic acids is 3. The smallest absolute Gasteiger partial charge is 0.407 e. The molecule has 2 aliphatic rings. The molecule has 2 atom stereocenters. The van der Waals surface area contributed by atoms with E-state index in [9.17, 15) is 14.4 Å². The first kappa shape index (κ1) is 23.8. The number of nitrogens with zero attached hydrogens (tertiary/aromatic N) is 2. The topological polar surface area (TPSA) is 88.2 Å². The van der Waals surface area contributed by atoms with Gasteiger partial charge in [-0.25, -0.2) is 14.4 Å². The molecule has 0 bridgehead atoms. The third-order valence-electron chi connectivity index (χ3n) is 5.08. The lowest BCUT2D eigenvalue weighted by Gasteiger charge is -2.41. The second-order valence-corrected chi connectivity index (χ2v) is 8.69. The van der Waals surface area contributed by atoms with Crippen LogP contribution in [0, 0.1) is 5.92 Å². The van der Waals surface area contributed by atoms with Gasteiger partial charge < -0.3 is 19.7 Å². The minimum atomic E-state index is -0.722. The van der Waals surface area contributed by atoms with Gasteiger partial charge in [0.1, 0.15) is 11.6 Å². The maximum Gasteiger partial charge on any atom is 0.407 e. The van der Waals surface area contributed by atoms with Gasteiger partial charge in [0.2, 0.25) is 0 Å². The van der Waals surface area contributed by atoms with Crippen LogP contribution in [-0.4, -0.2) is 59.7 Å². The first-order chi connectivity index (χ1) is 14.2. The average Bonchev–Trinajstić information content (AvgIpc) is 2.64. The van der Waals surface area contributed by atoms with E-state index in [1.165, 1.54) is 12.0 Å². The Morgan fingerprint density at radius 1 is 1.30 bits per heavy atom. The van der Waals surface area contributed by atoms with Crippen molar-refractivity contribution in [2.45, 2.75) is 71.4 Å². The van der Waals surface area contributed by atoms with Crippen LogP contribution in [0.5, 0.6) is 0 Å². The fourth-order valence-corrected chi connectivity index (χ4v) is 3.74. The molecule has 1 saturated heterocycles. The number of amides is 3. The maximum absolute atomic E-state index is 13.2. The number of fused-ring (bicyclic) bond motifs is 1. The zero-order valence-corrected chi connectivity index (χ0v) is 18.8. The fourth-order valence-electron chi connectivity index (χ4n) is 3.74. The van der Waals surface area contributed by atoms with Crippen molar-refractivity contribution in [3.8, 4) is 0 Å². The largest absolute Gasteiger partial charge is 0.467 e. The molecule has 8 nitrogen and oxygen atoms in total. The summed E-state index contributed by atoms with van der Waals surface area (Å²) in [5, 5.41) is 2.64. The molecule has 0 aromatic rings. The van der Waals surface area contributed by atoms with E-state index in [0.717, 1.165) is 31.4 Å². The van der Waals surface area contributed by atoms with Crippen molar-refractivity contribution in [1.82, 2.24) is 15.1 Å². The van der Waals surface area contributed by atoms with Gasteiger partial charge in [-0.1, -0.05) is 25.5 Å². The van der Waals surface area contributed by atoms with Crippen molar-refractivity contribution in [2.24, 2.45) is 5.92 Å². The number of ether oxygens (including phenoxy) is 2. The Morgan fingerprint density at radius 3 is 2.67 bits per heavy atom. The summed E-state index contributed by atoms with van der Waals surface area (Å²) < 4.78 is 10.2. The van der Waals surface area contributed by atoms with Gasteiger partial charge in [-0.3, -0.25) is 4.90 Å². The van der Waals surface area contributed by atoms with Crippen LogP contribution in [0.4, 0.5) is 9.59 Å². The van der Waals surface area contributed by atoms with E-state index in [-0.39, 0.29) is 19.1 Å². The number of nitrogens with one attached hydrogen (secondary N) is 1. The molecule has 30 heavy (non-hydrogen) atoms. The Balaban J connectivity index is 2.16. The molecule has 8 heteroatoms. The van der Waals surface area contributed by atoms with Crippen molar-refractivity contribution in [1.29, 1.82) is 0 Å². The van der Waals surface area contributed by atoms with Crippen molar-refractivity contribution in [2.75, 3.05) is 20.2 Å². The molecule has 0 radical (unpaired) electrons. The third kappa shape index (κ3) is 6.50. The Labute approximate surface area is 179 Å².